The Kier molecular flexibility index (Phi) is 3.03. The Balaban J connectivity index is 3.39. The molecule has 0 unspecified atom stereocenters. The molecule has 0 aliphatic rings. The van der Waals surface area contributed by atoms with Crippen molar-refractivity contribution in [2.45, 2.75) is 13.8 Å². The zero-order chi connectivity index (χ0) is 6.78. The van der Waals surface area contributed by atoms with Gasteiger partial charge in [0.15, 0.2) is 0 Å². The standard InChI is InChI=1S/C5H16B2S/c1-5(2)4-8(3,6)7/h5H,4,6-7H2,1-3H3. The van der Waals surface area contributed by atoms with Crippen molar-refractivity contribution >= 4 is 24.0 Å². The van der Waals surface area contributed by atoms with Gasteiger partial charge in [-0.2, -0.15) is 0 Å². The Morgan fingerprint density at radius 1 is 1.38 bits per heavy atom. The van der Waals surface area contributed by atoms with Crippen molar-refractivity contribution in [3.05, 3.63) is 0 Å². The predicted molar refractivity (Wildman–Crippen MR) is 50.3 cm³/mol. The largest absolute Gasteiger partial charge is 0.315 e. The van der Waals surface area contributed by atoms with Crippen LogP contribution >= 0.6 is 9.73 Å². The molecule has 0 fully saturated rings. The highest BCUT2D eigenvalue weighted by Gasteiger charge is 2.05. The summed E-state index contributed by atoms with van der Waals surface area (Å²) >= 11 is 0. The highest BCUT2D eigenvalue weighted by atomic mass is 32.3. The van der Waals surface area contributed by atoms with Crippen LogP contribution in [0.15, 0.2) is 0 Å². The molecule has 0 aliphatic carbocycles. The summed E-state index contributed by atoms with van der Waals surface area (Å²) in [6.07, 6.45) is 2.37. The molecule has 0 nitrogen and oxygen atoms in total. The fraction of sp³-hybridized carbons (Fsp3) is 1.00. The summed E-state index contributed by atoms with van der Waals surface area (Å²) in [7, 11) is 4.51. The van der Waals surface area contributed by atoms with Gasteiger partial charge in [-0.25, -0.2) is 0 Å². The molecule has 0 spiro atoms. The third-order valence-electron chi connectivity index (χ3n) is 0.833. The van der Waals surface area contributed by atoms with Crippen LogP contribution in [0.25, 0.3) is 0 Å². The van der Waals surface area contributed by atoms with Crippen LogP contribution < -0.4 is 0 Å². The summed E-state index contributed by atoms with van der Waals surface area (Å²) in [5.74, 6) is 2.29. The fourth-order valence-electron chi connectivity index (χ4n) is 1.00. The lowest BCUT2D eigenvalue weighted by Gasteiger charge is -2.27. The van der Waals surface area contributed by atoms with Gasteiger partial charge in [-0.3, -0.25) is 0 Å². The molecule has 8 heavy (non-hydrogen) atoms. The van der Waals surface area contributed by atoms with Gasteiger partial charge in [-0.1, -0.05) is 20.1 Å². The van der Waals surface area contributed by atoms with E-state index >= 15 is 0 Å². The highest BCUT2D eigenvalue weighted by Crippen LogP contribution is 2.33. The van der Waals surface area contributed by atoms with Gasteiger partial charge in [-0.05, 0) is 11.7 Å². The molecule has 0 bridgehead atoms. The maximum absolute atomic E-state index is 2.37. The van der Waals surface area contributed by atoms with E-state index in [0.29, 0.717) is 0 Å². The van der Waals surface area contributed by atoms with E-state index in [4.69, 9.17) is 0 Å². The Hall–Kier alpha value is 0.480. The van der Waals surface area contributed by atoms with Crippen LogP contribution in [0.3, 0.4) is 0 Å². The molecule has 48 valence electrons. The third-order valence-corrected chi connectivity index (χ3v) is 2.50. The van der Waals surface area contributed by atoms with Gasteiger partial charge in [0, 0.05) is 0 Å². The molecule has 0 saturated heterocycles. The molecule has 0 aromatic heterocycles. The van der Waals surface area contributed by atoms with Crippen LogP contribution in [0.2, 0.25) is 0 Å². The van der Waals surface area contributed by atoms with E-state index in [9.17, 15) is 0 Å². The third kappa shape index (κ3) is 6.48. The average Bonchev–Trinajstić information content (AvgIpc) is 1.21. The van der Waals surface area contributed by atoms with Crippen molar-refractivity contribution in [2.24, 2.45) is 5.92 Å². The van der Waals surface area contributed by atoms with Crippen molar-refractivity contribution in [3.63, 3.8) is 0 Å². The summed E-state index contributed by atoms with van der Waals surface area (Å²) in [4.78, 5) is 0. The van der Waals surface area contributed by atoms with Crippen molar-refractivity contribution < 1.29 is 0 Å². The van der Waals surface area contributed by atoms with Gasteiger partial charge in [0.05, 0.1) is 0 Å². The monoisotopic (exact) mass is 130 g/mol. The molecule has 0 aromatic rings. The van der Waals surface area contributed by atoms with Gasteiger partial charge in [0.2, 0.25) is 0 Å². The quantitative estimate of drug-likeness (QED) is 0.467. The summed E-state index contributed by atoms with van der Waals surface area (Å²) in [5, 5.41) is 0. The molecule has 0 aromatic carbocycles. The molecular formula is C5H16B2S. The molecule has 0 aliphatic heterocycles. The van der Waals surface area contributed by atoms with Crippen LogP contribution in [0.4, 0.5) is 0 Å². The first-order valence-electron chi connectivity index (χ1n) is 3.08. The van der Waals surface area contributed by atoms with Gasteiger partial charge >= 0.3 is 0 Å². The Morgan fingerprint density at radius 3 is 1.75 bits per heavy atom. The highest BCUT2D eigenvalue weighted by molar-refractivity contribution is 8.63. The average molecular weight is 130 g/mol. The van der Waals surface area contributed by atoms with Crippen molar-refractivity contribution in [1.82, 2.24) is 0 Å². The maximum atomic E-state index is 2.37. The van der Waals surface area contributed by atoms with Crippen molar-refractivity contribution in [3.8, 4) is 0 Å². The van der Waals surface area contributed by atoms with E-state index in [0.717, 1.165) is 5.92 Å². The molecule has 3 heteroatoms. The summed E-state index contributed by atoms with van der Waals surface area (Å²) in [6, 6.07) is 0. The molecular weight excluding hydrogens is 114 g/mol. The van der Waals surface area contributed by atoms with Crippen LogP contribution in [-0.2, 0) is 0 Å². The zero-order valence-corrected chi connectivity index (χ0v) is 7.51. The van der Waals surface area contributed by atoms with Gasteiger partial charge in [-0.15, -0.1) is 0 Å². The summed E-state index contributed by atoms with van der Waals surface area (Å²) < 4.78 is 0. The molecule has 0 N–H and O–H groups in total. The minimum absolute atomic E-state index is 0.223. The normalized spacial score (nSPS) is 14.5. The smallest absolute Gasteiger partial charge is 0.142 e. The van der Waals surface area contributed by atoms with Crippen LogP contribution in [0.5, 0.6) is 0 Å². The van der Waals surface area contributed by atoms with Crippen molar-refractivity contribution in [2.75, 3.05) is 12.0 Å². The second kappa shape index (κ2) is 2.86. The Labute approximate surface area is 56.4 Å². The van der Waals surface area contributed by atoms with E-state index in [2.05, 4.69) is 34.4 Å². The SMILES string of the molecule is BS(B)(C)CC(C)C. The van der Waals surface area contributed by atoms with E-state index in [1.807, 2.05) is 0 Å². The molecule has 0 rings (SSSR count). The fourth-order valence-corrected chi connectivity index (χ4v) is 3.00. The topological polar surface area (TPSA) is 0 Å². The van der Waals surface area contributed by atoms with Crippen molar-refractivity contribution in [1.29, 1.82) is 0 Å². The Bertz CT molecular complexity index is 65.3. The van der Waals surface area contributed by atoms with Gasteiger partial charge in [0.1, 0.15) is 14.2 Å². The second-order valence-corrected chi connectivity index (χ2v) is 8.17. The molecule has 0 radical (unpaired) electrons. The lowest BCUT2D eigenvalue weighted by molar-refractivity contribution is 0.750. The minimum atomic E-state index is -0.223. The first-order valence-corrected chi connectivity index (χ1v) is 6.10. The molecule has 0 saturated carbocycles. The Morgan fingerprint density at radius 2 is 1.75 bits per heavy atom. The van der Waals surface area contributed by atoms with E-state index in [1.54, 1.807) is 0 Å². The lowest BCUT2D eigenvalue weighted by Crippen LogP contribution is -2.07. The minimum Gasteiger partial charge on any atom is -0.315 e. The van der Waals surface area contributed by atoms with E-state index in [-0.39, 0.29) is 9.73 Å². The lowest BCUT2D eigenvalue weighted by atomic mass is 10.3. The van der Waals surface area contributed by atoms with E-state index < -0.39 is 0 Å². The maximum Gasteiger partial charge on any atom is 0.142 e. The number of hydrogen-bond donors (Lipinski definition) is 0. The first kappa shape index (κ1) is 8.48. The second-order valence-electron chi connectivity index (χ2n) is 3.65. The summed E-state index contributed by atoms with van der Waals surface area (Å²) in [6.45, 7) is 4.58. The van der Waals surface area contributed by atoms with Crippen LogP contribution in [-0.4, -0.2) is 26.3 Å². The molecule has 0 atom stereocenters. The van der Waals surface area contributed by atoms with Gasteiger partial charge in [0.25, 0.3) is 0 Å². The van der Waals surface area contributed by atoms with Gasteiger partial charge < -0.3 is 9.73 Å². The van der Waals surface area contributed by atoms with Crippen LogP contribution in [0.1, 0.15) is 13.8 Å². The number of rotatable bonds is 2. The zero-order valence-electron chi connectivity index (χ0n) is 6.69. The number of hydrogen-bond acceptors (Lipinski definition) is 0. The van der Waals surface area contributed by atoms with Crippen LogP contribution in [0, 0.1) is 5.92 Å². The summed E-state index contributed by atoms with van der Waals surface area (Å²) in [5.41, 5.74) is 0. The molecule has 0 heterocycles. The predicted octanol–water partition coefficient (Wildman–Crippen LogP) is 0.173. The molecule has 0 amide bonds. The van der Waals surface area contributed by atoms with E-state index in [1.165, 1.54) is 5.75 Å². The first-order chi connectivity index (χ1) is 3.42.